The molecule has 102 valence electrons. The molecular formula is C14H20N4O. The van der Waals surface area contributed by atoms with Gasteiger partial charge in [-0.1, -0.05) is 6.07 Å². The molecule has 0 fully saturated rings. The van der Waals surface area contributed by atoms with Gasteiger partial charge in [0.25, 0.3) is 0 Å². The van der Waals surface area contributed by atoms with E-state index in [0.717, 1.165) is 37.6 Å². The van der Waals surface area contributed by atoms with Crippen LogP contribution in [0.2, 0.25) is 0 Å². The van der Waals surface area contributed by atoms with Crippen molar-refractivity contribution >= 4 is 0 Å². The van der Waals surface area contributed by atoms with Crippen molar-refractivity contribution in [3.8, 4) is 0 Å². The van der Waals surface area contributed by atoms with Crippen LogP contribution in [0.1, 0.15) is 11.5 Å². The maximum absolute atomic E-state index is 5.00. The van der Waals surface area contributed by atoms with E-state index in [2.05, 4.69) is 19.9 Å². The number of pyridine rings is 1. The van der Waals surface area contributed by atoms with Crippen molar-refractivity contribution in [3.63, 3.8) is 0 Å². The van der Waals surface area contributed by atoms with Gasteiger partial charge >= 0.3 is 0 Å². The van der Waals surface area contributed by atoms with Crippen molar-refractivity contribution in [2.45, 2.75) is 19.5 Å². The Labute approximate surface area is 113 Å². The highest BCUT2D eigenvalue weighted by atomic mass is 16.5. The SMILES string of the molecule is COCCNCc1nccn1CCc1ccccn1. The van der Waals surface area contributed by atoms with Gasteiger partial charge in [-0.15, -0.1) is 0 Å². The maximum atomic E-state index is 5.00. The Morgan fingerprint density at radius 3 is 3.00 bits per heavy atom. The Bertz CT molecular complexity index is 469. The summed E-state index contributed by atoms with van der Waals surface area (Å²) in [6.45, 7) is 3.22. The molecule has 0 aliphatic carbocycles. The highest BCUT2D eigenvalue weighted by molar-refractivity contribution is 5.04. The number of hydrogen-bond donors (Lipinski definition) is 1. The summed E-state index contributed by atoms with van der Waals surface area (Å²) >= 11 is 0. The van der Waals surface area contributed by atoms with Gasteiger partial charge in [0.1, 0.15) is 5.82 Å². The first kappa shape index (κ1) is 13.7. The van der Waals surface area contributed by atoms with Crippen LogP contribution in [0.25, 0.3) is 0 Å². The first-order valence-electron chi connectivity index (χ1n) is 6.49. The fraction of sp³-hybridized carbons (Fsp3) is 0.429. The smallest absolute Gasteiger partial charge is 0.122 e. The van der Waals surface area contributed by atoms with Crippen LogP contribution in [0, 0.1) is 0 Å². The molecule has 0 atom stereocenters. The predicted octanol–water partition coefficient (Wildman–Crippen LogP) is 1.26. The molecular weight excluding hydrogens is 240 g/mol. The molecule has 2 rings (SSSR count). The molecule has 5 nitrogen and oxygen atoms in total. The monoisotopic (exact) mass is 260 g/mol. The van der Waals surface area contributed by atoms with Gasteiger partial charge in [-0.2, -0.15) is 0 Å². The molecule has 0 aliphatic heterocycles. The van der Waals surface area contributed by atoms with Crippen molar-refractivity contribution in [1.82, 2.24) is 19.9 Å². The van der Waals surface area contributed by atoms with Crippen LogP contribution >= 0.6 is 0 Å². The third-order valence-electron chi connectivity index (χ3n) is 2.90. The molecule has 0 amide bonds. The molecule has 0 spiro atoms. The molecule has 5 heteroatoms. The lowest BCUT2D eigenvalue weighted by atomic mass is 10.3. The van der Waals surface area contributed by atoms with E-state index >= 15 is 0 Å². The van der Waals surface area contributed by atoms with Gasteiger partial charge in [0, 0.05) is 50.9 Å². The normalized spacial score (nSPS) is 10.8. The quantitative estimate of drug-likeness (QED) is 0.726. The zero-order chi connectivity index (χ0) is 13.3. The number of aryl methyl sites for hydroxylation is 2. The Kier molecular flexibility index (Phi) is 5.52. The van der Waals surface area contributed by atoms with Gasteiger partial charge in [0.2, 0.25) is 0 Å². The van der Waals surface area contributed by atoms with Crippen LogP contribution in [0.5, 0.6) is 0 Å². The topological polar surface area (TPSA) is 52.0 Å². The Morgan fingerprint density at radius 2 is 2.21 bits per heavy atom. The standard InChI is InChI=1S/C14H20N4O/c1-19-11-8-15-12-14-17-7-10-18(14)9-5-13-4-2-3-6-16-13/h2-4,6-7,10,15H,5,8-9,11-12H2,1H3. The zero-order valence-electron chi connectivity index (χ0n) is 11.2. The lowest BCUT2D eigenvalue weighted by Gasteiger charge is -2.08. The third kappa shape index (κ3) is 4.46. The first-order valence-corrected chi connectivity index (χ1v) is 6.49. The fourth-order valence-electron chi connectivity index (χ4n) is 1.87. The minimum atomic E-state index is 0.717. The number of nitrogens with one attached hydrogen (secondary N) is 1. The lowest BCUT2D eigenvalue weighted by Crippen LogP contribution is -2.21. The number of ether oxygens (including phenoxy) is 1. The minimum Gasteiger partial charge on any atom is -0.383 e. The molecule has 0 radical (unpaired) electrons. The van der Waals surface area contributed by atoms with Crippen molar-refractivity contribution in [3.05, 3.63) is 48.3 Å². The Hall–Kier alpha value is -1.72. The van der Waals surface area contributed by atoms with Gasteiger partial charge < -0.3 is 14.6 Å². The highest BCUT2D eigenvalue weighted by Crippen LogP contribution is 2.02. The zero-order valence-corrected chi connectivity index (χ0v) is 11.2. The number of hydrogen-bond acceptors (Lipinski definition) is 4. The summed E-state index contributed by atoms with van der Waals surface area (Å²) in [7, 11) is 1.70. The third-order valence-corrected chi connectivity index (χ3v) is 2.90. The Morgan fingerprint density at radius 1 is 1.26 bits per heavy atom. The molecule has 2 heterocycles. The molecule has 1 N–H and O–H groups in total. The molecule has 0 bridgehead atoms. The number of nitrogens with zero attached hydrogens (tertiary/aromatic N) is 3. The highest BCUT2D eigenvalue weighted by Gasteiger charge is 2.02. The van der Waals surface area contributed by atoms with Crippen molar-refractivity contribution < 1.29 is 4.74 Å². The average Bonchev–Trinajstić information content (AvgIpc) is 2.90. The molecule has 0 saturated heterocycles. The summed E-state index contributed by atoms with van der Waals surface area (Å²) in [5.41, 5.74) is 1.11. The minimum absolute atomic E-state index is 0.717. The maximum Gasteiger partial charge on any atom is 0.122 e. The van der Waals surface area contributed by atoms with Crippen LogP contribution in [0.3, 0.4) is 0 Å². The van der Waals surface area contributed by atoms with Crippen LogP contribution < -0.4 is 5.32 Å². The molecule has 0 aliphatic rings. The van der Waals surface area contributed by atoms with Crippen molar-refractivity contribution in [2.24, 2.45) is 0 Å². The molecule has 0 saturated carbocycles. The summed E-state index contributed by atoms with van der Waals surface area (Å²) in [4.78, 5) is 8.69. The van der Waals surface area contributed by atoms with E-state index in [0.29, 0.717) is 6.61 Å². The molecule has 0 unspecified atom stereocenters. The molecule has 2 aromatic heterocycles. The van der Waals surface area contributed by atoms with Gasteiger partial charge in [-0.3, -0.25) is 4.98 Å². The average molecular weight is 260 g/mol. The molecule has 2 aromatic rings. The predicted molar refractivity (Wildman–Crippen MR) is 73.8 cm³/mol. The van der Waals surface area contributed by atoms with E-state index in [9.17, 15) is 0 Å². The lowest BCUT2D eigenvalue weighted by molar-refractivity contribution is 0.199. The summed E-state index contributed by atoms with van der Waals surface area (Å²) in [6.07, 6.45) is 6.60. The van der Waals surface area contributed by atoms with Gasteiger partial charge in [-0.05, 0) is 12.1 Å². The fourth-order valence-corrected chi connectivity index (χ4v) is 1.87. The number of rotatable bonds is 8. The van der Waals surface area contributed by atoms with Crippen LogP contribution in [-0.4, -0.2) is 34.8 Å². The van der Waals surface area contributed by atoms with Gasteiger partial charge in [-0.25, -0.2) is 4.98 Å². The second-order valence-electron chi connectivity index (χ2n) is 4.28. The van der Waals surface area contributed by atoms with Crippen LogP contribution in [0.15, 0.2) is 36.8 Å². The van der Waals surface area contributed by atoms with E-state index in [1.165, 1.54) is 0 Å². The molecule has 0 aromatic carbocycles. The number of aromatic nitrogens is 3. The largest absolute Gasteiger partial charge is 0.383 e. The Balaban J connectivity index is 1.82. The van der Waals surface area contributed by atoms with Crippen LogP contribution in [0.4, 0.5) is 0 Å². The van der Waals surface area contributed by atoms with E-state index in [4.69, 9.17) is 4.74 Å². The first-order chi connectivity index (χ1) is 9.40. The van der Waals surface area contributed by atoms with Crippen molar-refractivity contribution in [2.75, 3.05) is 20.3 Å². The summed E-state index contributed by atoms with van der Waals surface area (Å²) < 4.78 is 7.16. The summed E-state index contributed by atoms with van der Waals surface area (Å²) in [6, 6.07) is 6.00. The van der Waals surface area contributed by atoms with E-state index in [1.54, 1.807) is 7.11 Å². The summed E-state index contributed by atoms with van der Waals surface area (Å²) in [5, 5.41) is 3.30. The second-order valence-corrected chi connectivity index (χ2v) is 4.28. The van der Waals surface area contributed by atoms with E-state index < -0.39 is 0 Å². The number of imidazole rings is 1. The number of methoxy groups -OCH3 is 1. The van der Waals surface area contributed by atoms with E-state index in [-0.39, 0.29) is 0 Å². The van der Waals surface area contributed by atoms with Crippen LogP contribution in [-0.2, 0) is 24.2 Å². The van der Waals surface area contributed by atoms with Gasteiger partial charge in [0.15, 0.2) is 0 Å². The summed E-state index contributed by atoms with van der Waals surface area (Å²) in [5.74, 6) is 1.05. The van der Waals surface area contributed by atoms with Crippen molar-refractivity contribution in [1.29, 1.82) is 0 Å². The van der Waals surface area contributed by atoms with Gasteiger partial charge in [0.05, 0.1) is 13.2 Å². The van der Waals surface area contributed by atoms with E-state index in [1.807, 2.05) is 36.8 Å². The second kappa shape index (κ2) is 7.66. The molecule has 19 heavy (non-hydrogen) atoms.